The van der Waals surface area contributed by atoms with Crippen molar-refractivity contribution in [3.8, 4) is 39.4 Å². The molecular weight excluding hydrogens is 514 g/mol. The van der Waals surface area contributed by atoms with E-state index in [1.165, 1.54) is 22.3 Å². The molecule has 4 nitrogen and oxygen atoms in total. The van der Waals surface area contributed by atoms with Crippen molar-refractivity contribution in [2.45, 2.75) is 5.41 Å². The number of benzene rings is 5. The molecule has 0 fully saturated rings. The third kappa shape index (κ3) is 3.52. The summed E-state index contributed by atoms with van der Waals surface area (Å²) in [6, 6.07) is 47.5. The van der Waals surface area contributed by atoms with Gasteiger partial charge in [0.05, 0.1) is 28.0 Å². The minimum Gasteiger partial charge on any atom is -0.507 e. The zero-order valence-corrected chi connectivity index (χ0v) is 22.6. The molecule has 1 aliphatic carbocycles. The third-order valence-electron chi connectivity index (χ3n) is 8.38. The fourth-order valence-electron chi connectivity index (χ4n) is 6.59. The van der Waals surface area contributed by atoms with Crippen LogP contribution in [0, 0.1) is 0 Å². The molecule has 0 atom stereocenters. The highest BCUT2D eigenvalue weighted by molar-refractivity contribution is 5.93. The molecule has 198 valence electrons. The fraction of sp³-hybridized carbons (Fsp3) is 0.0263. The van der Waals surface area contributed by atoms with Crippen molar-refractivity contribution in [2.24, 2.45) is 0 Å². The summed E-state index contributed by atoms with van der Waals surface area (Å²) >= 11 is 0. The Hall–Kier alpha value is -5.61. The standard InChI is InChI=1S/C38H25N3O/c42-35-21-8-4-15-29(35)34-20-10-22-36(41-34)38(31-17-5-1-13-27(31)28-14-2-6-18-32(28)38)26-12-9-11-25(23-26)37-30-16-3-7-19-33(30)39-24-40-37/h1-24,42H. The molecule has 0 unspecified atom stereocenters. The molecule has 42 heavy (non-hydrogen) atoms. The predicted octanol–water partition coefficient (Wildman–Crippen LogP) is 8.43. The van der Waals surface area contributed by atoms with Crippen LogP contribution in [0.4, 0.5) is 0 Å². The van der Waals surface area contributed by atoms with E-state index in [-0.39, 0.29) is 5.75 Å². The Bertz CT molecular complexity index is 2080. The number of pyridine rings is 1. The van der Waals surface area contributed by atoms with Crippen molar-refractivity contribution >= 4 is 10.9 Å². The number of fused-ring (bicyclic) bond motifs is 4. The number of nitrogens with zero attached hydrogens (tertiary/aromatic N) is 3. The van der Waals surface area contributed by atoms with Gasteiger partial charge in [-0.05, 0) is 64.2 Å². The van der Waals surface area contributed by atoms with Gasteiger partial charge in [-0.15, -0.1) is 0 Å². The number of aromatic hydroxyl groups is 1. The lowest BCUT2D eigenvalue weighted by Gasteiger charge is -2.33. The van der Waals surface area contributed by atoms with Crippen molar-refractivity contribution in [3.05, 3.63) is 168 Å². The first-order valence-electron chi connectivity index (χ1n) is 14.0. The first-order valence-corrected chi connectivity index (χ1v) is 14.0. The maximum Gasteiger partial charge on any atom is 0.124 e. The average Bonchev–Trinajstić information content (AvgIpc) is 3.36. The number of phenols is 1. The second-order valence-electron chi connectivity index (χ2n) is 10.6. The number of hydrogen-bond acceptors (Lipinski definition) is 4. The van der Waals surface area contributed by atoms with Gasteiger partial charge in [0, 0.05) is 16.5 Å². The molecule has 5 aromatic carbocycles. The highest BCUT2D eigenvalue weighted by Gasteiger charge is 2.47. The van der Waals surface area contributed by atoms with E-state index in [1.54, 1.807) is 12.4 Å². The molecule has 8 rings (SSSR count). The molecule has 2 aromatic heterocycles. The van der Waals surface area contributed by atoms with Crippen LogP contribution in [0.15, 0.2) is 146 Å². The summed E-state index contributed by atoms with van der Waals surface area (Å²) in [4.78, 5) is 14.5. The smallest absolute Gasteiger partial charge is 0.124 e. The van der Waals surface area contributed by atoms with Gasteiger partial charge in [-0.3, -0.25) is 4.98 Å². The van der Waals surface area contributed by atoms with Crippen LogP contribution < -0.4 is 0 Å². The molecular formula is C38H25N3O. The van der Waals surface area contributed by atoms with Crippen LogP contribution in [0.3, 0.4) is 0 Å². The number of aromatic nitrogens is 3. The van der Waals surface area contributed by atoms with E-state index in [1.807, 2.05) is 48.5 Å². The Balaban J connectivity index is 1.45. The fourth-order valence-corrected chi connectivity index (χ4v) is 6.59. The molecule has 0 amide bonds. The second-order valence-corrected chi connectivity index (χ2v) is 10.6. The van der Waals surface area contributed by atoms with Crippen molar-refractivity contribution in [1.29, 1.82) is 0 Å². The first kappa shape index (κ1) is 24.2. The van der Waals surface area contributed by atoms with Gasteiger partial charge >= 0.3 is 0 Å². The van der Waals surface area contributed by atoms with E-state index < -0.39 is 5.41 Å². The van der Waals surface area contributed by atoms with E-state index in [2.05, 4.69) is 89.9 Å². The van der Waals surface area contributed by atoms with Crippen molar-refractivity contribution in [2.75, 3.05) is 0 Å². The van der Waals surface area contributed by atoms with Crippen LogP contribution in [-0.4, -0.2) is 20.1 Å². The van der Waals surface area contributed by atoms with E-state index in [9.17, 15) is 5.11 Å². The highest BCUT2D eigenvalue weighted by Crippen LogP contribution is 2.56. The van der Waals surface area contributed by atoms with Gasteiger partial charge in [0.25, 0.3) is 0 Å². The molecule has 4 heteroatoms. The molecule has 0 aliphatic heterocycles. The molecule has 7 aromatic rings. The van der Waals surface area contributed by atoms with Crippen LogP contribution in [0.2, 0.25) is 0 Å². The van der Waals surface area contributed by atoms with Gasteiger partial charge in [0.1, 0.15) is 12.1 Å². The molecule has 0 spiro atoms. The van der Waals surface area contributed by atoms with Crippen molar-refractivity contribution in [3.63, 3.8) is 0 Å². The van der Waals surface area contributed by atoms with Crippen LogP contribution in [0.25, 0.3) is 44.5 Å². The first-order chi connectivity index (χ1) is 20.7. The monoisotopic (exact) mass is 539 g/mol. The predicted molar refractivity (Wildman–Crippen MR) is 167 cm³/mol. The Morgan fingerprint density at radius 1 is 0.548 bits per heavy atom. The third-order valence-corrected chi connectivity index (χ3v) is 8.38. The Morgan fingerprint density at radius 3 is 2.00 bits per heavy atom. The topological polar surface area (TPSA) is 58.9 Å². The summed E-state index contributed by atoms with van der Waals surface area (Å²) in [5.74, 6) is 0.209. The summed E-state index contributed by atoms with van der Waals surface area (Å²) < 4.78 is 0. The number of rotatable bonds is 4. The quantitative estimate of drug-likeness (QED) is 0.244. The molecule has 2 heterocycles. The highest BCUT2D eigenvalue weighted by atomic mass is 16.3. The van der Waals surface area contributed by atoms with E-state index in [0.29, 0.717) is 5.56 Å². The van der Waals surface area contributed by atoms with Crippen LogP contribution in [-0.2, 0) is 5.41 Å². The lowest BCUT2D eigenvalue weighted by atomic mass is 9.69. The van der Waals surface area contributed by atoms with Crippen LogP contribution >= 0.6 is 0 Å². The lowest BCUT2D eigenvalue weighted by Crippen LogP contribution is -2.30. The summed E-state index contributed by atoms with van der Waals surface area (Å²) in [6.45, 7) is 0. The molecule has 1 N–H and O–H groups in total. The van der Waals surface area contributed by atoms with Gasteiger partial charge in [-0.1, -0.05) is 103 Å². The molecule has 1 aliphatic rings. The Morgan fingerprint density at radius 2 is 1.21 bits per heavy atom. The SMILES string of the molecule is Oc1ccccc1-c1cccc(C2(c3cccc(-c4ncnc5ccccc45)c3)c3ccccc3-c3ccccc32)n1. The Kier molecular flexibility index (Phi) is 5.47. The summed E-state index contributed by atoms with van der Waals surface area (Å²) in [5.41, 5.74) is 10.3. The van der Waals surface area contributed by atoms with Gasteiger partial charge < -0.3 is 5.11 Å². The van der Waals surface area contributed by atoms with E-state index >= 15 is 0 Å². The molecule has 0 radical (unpaired) electrons. The number of hydrogen-bond donors (Lipinski definition) is 1. The number of phenolic OH excluding ortho intramolecular Hbond substituents is 1. The zero-order valence-electron chi connectivity index (χ0n) is 22.6. The molecule has 0 bridgehead atoms. The van der Waals surface area contributed by atoms with Crippen LogP contribution in [0.5, 0.6) is 5.75 Å². The zero-order chi connectivity index (χ0) is 28.1. The summed E-state index contributed by atoms with van der Waals surface area (Å²) in [7, 11) is 0. The van der Waals surface area contributed by atoms with Gasteiger partial charge in [0.2, 0.25) is 0 Å². The van der Waals surface area contributed by atoms with Crippen LogP contribution in [0.1, 0.15) is 22.4 Å². The van der Waals surface area contributed by atoms with E-state index in [4.69, 9.17) is 9.97 Å². The van der Waals surface area contributed by atoms with E-state index in [0.717, 1.165) is 39.1 Å². The minimum absolute atomic E-state index is 0.209. The average molecular weight is 540 g/mol. The van der Waals surface area contributed by atoms with Gasteiger partial charge in [-0.2, -0.15) is 0 Å². The Labute approximate surface area is 243 Å². The second kappa shape index (κ2) is 9.50. The van der Waals surface area contributed by atoms with Crippen molar-refractivity contribution < 1.29 is 5.11 Å². The van der Waals surface area contributed by atoms with Crippen molar-refractivity contribution in [1.82, 2.24) is 15.0 Å². The maximum atomic E-state index is 10.7. The molecule has 0 saturated heterocycles. The normalized spacial score (nSPS) is 13.0. The summed E-state index contributed by atoms with van der Waals surface area (Å²) in [5, 5.41) is 11.7. The lowest BCUT2D eigenvalue weighted by molar-refractivity contribution is 0.477. The minimum atomic E-state index is -0.688. The maximum absolute atomic E-state index is 10.7. The number of para-hydroxylation sites is 2. The van der Waals surface area contributed by atoms with Gasteiger partial charge in [-0.25, -0.2) is 9.97 Å². The molecule has 0 saturated carbocycles. The summed E-state index contributed by atoms with van der Waals surface area (Å²) in [6.07, 6.45) is 1.64. The van der Waals surface area contributed by atoms with Gasteiger partial charge in [0.15, 0.2) is 0 Å². The largest absolute Gasteiger partial charge is 0.507 e.